The number of carbonyl (C=O) groups is 1. The van der Waals surface area contributed by atoms with Gasteiger partial charge in [-0.3, -0.25) is 4.79 Å². The summed E-state index contributed by atoms with van der Waals surface area (Å²) in [6, 6.07) is 7.47. The van der Waals surface area contributed by atoms with Gasteiger partial charge in [-0.25, -0.2) is 0 Å². The van der Waals surface area contributed by atoms with Crippen LogP contribution in [0.2, 0.25) is 0 Å². The van der Waals surface area contributed by atoms with Gasteiger partial charge >= 0.3 is 0 Å². The second kappa shape index (κ2) is 6.46. The Morgan fingerprint density at radius 3 is 2.55 bits per heavy atom. The Bertz CT molecular complexity index is 459. The van der Waals surface area contributed by atoms with Crippen LogP contribution in [0.25, 0.3) is 0 Å². The quantitative estimate of drug-likeness (QED) is 0.852. The fraction of sp³-hybridized carbons (Fsp3) is 0.533. The molecule has 2 rings (SSSR count). The summed E-state index contributed by atoms with van der Waals surface area (Å²) in [6.07, 6.45) is 0.502. The molecule has 1 unspecified atom stereocenters. The van der Waals surface area contributed by atoms with E-state index in [1.807, 2.05) is 49.9 Å². The number of nitrogens with two attached hydrogens (primary N) is 1. The molecule has 4 nitrogen and oxygen atoms in total. The van der Waals surface area contributed by atoms with E-state index in [9.17, 15) is 4.79 Å². The van der Waals surface area contributed by atoms with Crippen LogP contribution in [0.1, 0.15) is 26.3 Å². The van der Waals surface area contributed by atoms with E-state index in [0.717, 1.165) is 11.3 Å². The Morgan fingerprint density at radius 1 is 1.40 bits per heavy atom. The van der Waals surface area contributed by atoms with Crippen LogP contribution >= 0.6 is 12.4 Å². The zero-order valence-corrected chi connectivity index (χ0v) is 13.1. The highest BCUT2D eigenvalue weighted by Crippen LogP contribution is 2.21. The number of benzene rings is 1. The Hall–Kier alpha value is -1.26. The second-order valence-corrected chi connectivity index (χ2v) is 5.88. The molecule has 0 saturated carbocycles. The van der Waals surface area contributed by atoms with Gasteiger partial charge in [0.05, 0.1) is 18.1 Å². The molecular formula is C15H23ClN2O2. The molecule has 0 aromatic heterocycles. The first-order chi connectivity index (χ1) is 8.85. The second-order valence-electron chi connectivity index (χ2n) is 5.88. The minimum absolute atomic E-state index is 0. The van der Waals surface area contributed by atoms with Gasteiger partial charge in [-0.1, -0.05) is 12.1 Å². The van der Waals surface area contributed by atoms with E-state index in [-0.39, 0.29) is 30.0 Å². The van der Waals surface area contributed by atoms with E-state index in [2.05, 4.69) is 0 Å². The van der Waals surface area contributed by atoms with Crippen LogP contribution in [0.3, 0.4) is 0 Å². The zero-order valence-electron chi connectivity index (χ0n) is 12.3. The van der Waals surface area contributed by atoms with Crippen molar-refractivity contribution in [3.63, 3.8) is 0 Å². The molecule has 1 amide bonds. The van der Waals surface area contributed by atoms with Crippen molar-refractivity contribution in [1.82, 2.24) is 4.90 Å². The molecule has 1 aromatic rings. The Morgan fingerprint density at radius 2 is 2.00 bits per heavy atom. The van der Waals surface area contributed by atoms with E-state index in [4.69, 9.17) is 10.5 Å². The first kappa shape index (κ1) is 16.8. The van der Waals surface area contributed by atoms with Crippen molar-refractivity contribution in [2.75, 3.05) is 18.8 Å². The summed E-state index contributed by atoms with van der Waals surface area (Å²) in [4.78, 5) is 14.2. The van der Waals surface area contributed by atoms with Gasteiger partial charge in [0.1, 0.15) is 0 Å². The normalized spacial score (nSPS) is 21.1. The maximum atomic E-state index is 12.3. The van der Waals surface area contributed by atoms with E-state index in [0.29, 0.717) is 19.5 Å². The number of anilines is 1. The molecule has 1 aliphatic rings. The summed E-state index contributed by atoms with van der Waals surface area (Å²) in [5.41, 5.74) is 7.09. The monoisotopic (exact) mass is 298 g/mol. The molecule has 20 heavy (non-hydrogen) atoms. The van der Waals surface area contributed by atoms with Gasteiger partial charge < -0.3 is 15.4 Å². The highest BCUT2D eigenvalue weighted by molar-refractivity contribution is 5.85. The fourth-order valence-corrected chi connectivity index (χ4v) is 2.57. The maximum Gasteiger partial charge on any atom is 0.227 e. The van der Waals surface area contributed by atoms with Crippen molar-refractivity contribution in [3.05, 3.63) is 29.8 Å². The lowest BCUT2D eigenvalue weighted by Gasteiger charge is -2.41. The predicted molar refractivity (Wildman–Crippen MR) is 83.0 cm³/mol. The van der Waals surface area contributed by atoms with E-state index in [1.54, 1.807) is 0 Å². The van der Waals surface area contributed by atoms with Crippen molar-refractivity contribution in [2.45, 2.75) is 38.9 Å². The standard InChI is InChI=1S/C15H22N2O2.ClH/c1-11-9-17(10-15(2,3)19-11)14(18)8-12-4-6-13(16)7-5-12;/h4-7,11H,8-10,16H2,1-3H3;1H. The summed E-state index contributed by atoms with van der Waals surface area (Å²) in [6.45, 7) is 7.35. The minimum Gasteiger partial charge on any atom is -0.399 e. The van der Waals surface area contributed by atoms with Gasteiger partial charge in [0.2, 0.25) is 5.91 Å². The van der Waals surface area contributed by atoms with Crippen LogP contribution in [-0.2, 0) is 16.0 Å². The molecule has 1 aromatic carbocycles. The van der Waals surface area contributed by atoms with Gasteiger partial charge in [0.25, 0.3) is 0 Å². The number of morpholine rings is 1. The molecule has 1 heterocycles. The van der Waals surface area contributed by atoms with Gasteiger partial charge in [-0.2, -0.15) is 0 Å². The molecular weight excluding hydrogens is 276 g/mol. The Labute approximate surface area is 126 Å². The van der Waals surface area contributed by atoms with Crippen LogP contribution in [0.4, 0.5) is 5.69 Å². The average molecular weight is 299 g/mol. The molecule has 1 fully saturated rings. The fourth-order valence-electron chi connectivity index (χ4n) is 2.57. The molecule has 0 spiro atoms. The molecule has 0 radical (unpaired) electrons. The summed E-state index contributed by atoms with van der Waals surface area (Å²) in [5, 5.41) is 0. The summed E-state index contributed by atoms with van der Waals surface area (Å²) in [7, 11) is 0. The van der Waals surface area contributed by atoms with Crippen molar-refractivity contribution < 1.29 is 9.53 Å². The first-order valence-electron chi connectivity index (χ1n) is 6.66. The van der Waals surface area contributed by atoms with Gasteiger partial charge in [-0.05, 0) is 38.5 Å². The largest absolute Gasteiger partial charge is 0.399 e. The number of nitrogens with zero attached hydrogens (tertiary/aromatic N) is 1. The lowest BCUT2D eigenvalue weighted by molar-refractivity contribution is -0.157. The molecule has 1 atom stereocenters. The van der Waals surface area contributed by atoms with Crippen LogP contribution in [-0.4, -0.2) is 35.6 Å². The molecule has 1 saturated heterocycles. The molecule has 5 heteroatoms. The van der Waals surface area contributed by atoms with Crippen LogP contribution in [0.15, 0.2) is 24.3 Å². The first-order valence-corrected chi connectivity index (χ1v) is 6.66. The van der Waals surface area contributed by atoms with Crippen molar-refractivity contribution in [3.8, 4) is 0 Å². The third kappa shape index (κ3) is 4.39. The van der Waals surface area contributed by atoms with Gasteiger partial charge in [0.15, 0.2) is 0 Å². The molecule has 1 aliphatic heterocycles. The van der Waals surface area contributed by atoms with Crippen LogP contribution in [0, 0.1) is 0 Å². The number of halogens is 1. The topological polar surface area (TPSA) is 55.6 Å². The van der Waals surface area contributed by atoms with Crippen molar-refractivity contribution >= 4 is 24.0 Å². The molecule has 0 bridgehead atoms. The number of rotatable bonds is 2. The van der Waals surface area contributed by atoms with Crippen LogP contribution in [0.5, 0.6) is 0 Å². The van der Waals surface area contributed by atoms with Gasteiger partial charge in [0, 0.05) is 18.8 Å². The highest BCUT2D eigenvalue weighted by atomic mass is 35.5. The van der Waals surface area contributed by atoms with Crippen molar-refractivity contribution in [1.29, 1.82) is 0 Å². The number of hydrogen-bond acceptors (Lipinski definition) is 3. The minimum atomic E-state index is -0.269. The summed E-state index contributed by atoms with van der Waals surface area (Å²) in [5.74, 6) is 0.146. The smallest absolute Gasteiger partial charge is 0.227 e. The molecule has 112 valence electrons. The number of nitrogen functional groups attached to an aromatic ring is 1. The highest BCUT2D eigenvalue weighted by Gasteiger charge is 2.33. The lowest BCUT2D eigenvalue weighted by atomic mass is 10.0. The molecule has 2 N–H and O–H groups in total. The number of hydrogen-bond donors (Lipinski definition) is 1. The van der Waals surface area contributed by atoms with E-state index >= 15 is 0 Å². The Kier molecular flexibility index (Phi) is 5.42. The van der Waals surface area contributed by atoms with E-state index in [1.165, 1.54) is 0 Å². The lowest BCUT2D eigenvalue weighted by Crippen LogP contribution is -2.54. The van der Waals surface area contributed by atoms with Gasteiger partial charge in [-0.15, -0.1) is 12.4 Å². The maximum absolute atomic E-state index is 12.3. The van der Waals surface area contributed by atoms with E-state index < -0.39 is 0 Å². The van der Waals surface area contributed by atoms with Crippen LogP contribution < -0.4 is 5.73 Å². The summed E-state index contributed by atoms with van der Waals surface area (Å²) < 4.78 is 5.81. The number of carbonyl (C=O) groups excluding carboxylic acids is 1. The third-order valence-corrected chi connectivity index (χ3v) is 3.26. The predicted octanol–water partition coefficient (Wildman–Crippen LogP) is 2.26. The third-order valence-electron chi connectivity index (χ3n) is 3.26. The average Bonchev–Trinajstić information content (AvgIpc) is 2.29. The SMILES string of the molecule is CC1CN(C(=O)Cc2ccc(N)cc2)CC(C)(C)O1.Cl. The number of ether oxygens (including phenoxy) is 1. The zero-order chi connectivity index (χ0) is 14.0. The number of amides is 1. The Balaban J connectivity index is 0.00000200. The van der Waals surface area contributed by atoms with Crippen molar-refractivity contribution in [2.24, 2.45) is 0 Å². The summed E-state index contributed by atoms with van der Waals surface area (Å²) >= 11 is 0. The molecule has 0 aliphatic carbocycles.